The van der Waals surface area contributed by atoms with Gasteiger partial charge in [-0.25, -0.2) is 0 Å². The average molecular weight is 195 g/mol. The molecule has 0 atom stereocenters. The molecule has 0 spiro atoms. The molecule has 2 rings (SSSR count). The monoisotopic (exact) mass is 195 g/mol. The van der Waals surface area contributed by atoms with Crippen LogP contribution in [0.15, 0.2) is 34.8 Å². The van der Waals surface area contributed by atoms with Crippen LogP contribution in [-0.4, -0.2) is 14.3 Å². The van der Waals surface area contributed by atoms with Gasteiger partial charge in [0.15, 0.2) is 0 Å². The van der Waals surface area contributed by atoms with E-state index in [1.807, 2.05) is 16.9 Å². The van der Waals surface area contributed by atoms with Crippen LogP contribution in [0, 0.1) is 0 Å². The molecule has 0 N–H and O–H groups in total. The minimum absolute atomic E-state index is 0.0900. The van der Waals surface area contributed by atoms with E-state index in [0.29, 0.717) is 6.54 Å². The molecule has 68 valence electrons. The molecule has 0 aromatic carbocycles. The first kappa shape index (κ1) is 8.25. The van der Waals surface area contributed by atoms with Gasteiger partial charge in [0.05, 0.1) is 6.54 Å². The fourth-order valence-electron chi connectivity index (χ4n) is 1.10. The molecule has 0 fully saturated rings. The van der Waals surface area contributed by atoms with Gasteiger partial charge in [0.2, 0.25) is 0 Å². The predicted molar refractivity (Wildman–Crippen MR) is 50.8 cm³/mol. The third-order valence-corrected chi connectivity index (χ3v) is 2.47. The van der Waals surface area contributed by atoms with E-state index in [-0.39, 0.29) is 4.87 Å². The summed E-state index contributed by atoms with van der Waals surface area (Å²) in [6, 6.07) is 1.87. The molecule has 0 saturated heterocycles. The molecule has 0 amide bonds. The number of aromatic nitrogens is 3. The lowest BCUT2D eigenvalue weighted by atomic mass is 10.6. The molecule has 0 saturated carbocycles. The first-order chi connectivity index (χ1) is 6.36. The van der Waals surface area contributed by atoms with Gasteiger partial charge in [0, 0.05) is 30.5 Å². The lowest BCUT2D eigenvalue weighted by molar-refractivity contribution is 0.529. The minimum atomic E-state index is 0.0900. The van der Waals surface area contributed by atoms with E-state index in [4.69, 9.17) is 0 Å². The Morgan fingerprint density at radius 3 is 2.92 bits per heavy atom. The summed E-state index contributed by atoms with van der Waals surface area (Å²) >= 11 is 1.22. The highest BCUT2D eigenvalue weighted by Gasteiger charge is 1.96. The summed E-state index contributed by atoms with van der Waals surface area (Å²) in [4.78, 5) is 11.2. The van der Waals surface area contributed by atoms with E-state index in [1.165, 1.54) is 11.3 Å². The number of thiazole rings is 1. The van der Waals surface area contributed by atoms with Gasteiger partial charge >= 0.3 is 4.87 Å². The molecule has 2 aromatic heterocycles. The topological polar surface area (TPSA) is 39.8 Å². The van der Waals surface area contributed by atoms with Crippen LogP contribution in [0.25, 0.3) is 0 Å². The van der Waals surface area contributed by atoms with Crippen molar-refractivity contribution < 1.29 is 0 Å². The number of aryl methyl sites for hydroxylation is 2. The molecule has 13 heavy (non-hydrogen) atoms. The van der Waals surface area contributed by atoms with Gasteiger partial charge in [-0.1, -0.05) is 11.3 Å². The second-order valence-electron chi connectivity index (χ2n) is 2.63. The Morgan fingerprint density at radius 2 is 2.31 bits per heavy atom. The zero-order chi connectivity index (χ0) is 9.10. The highest BCUT2D eigenvalue weighted by molar-refractivity contribution is 7.07. The summed E-state index contributed by atoms with van der Waals surface area (Å²) in [6.07, 6.45) is 5.42. The van der Waals surface area contributed by atoms with E-state index in [1.54, 1.807) is 22.3 Å². The molecule has 0 aliphatic carbocycles. The second-order valence-corrected chi connectivity index (χ2v) is 3.49. The molecule has 0 unspecified atom stereocenters. The second kappa shape index (κ2) is 3.57. The molecule has 2 aromatic rings. The van der Waals surface area contributed by atoms with Gasteiger partial charge in [0.25, 0.3) is 0 Å². The third-order valence-electron chi connectivity index (χ3n) is 1.77. The quantitative estimate of drug-likeness (QED) is 0.727. The largest absolute Gasteiger partial charge is 0.307 e. The van der Waals surface area contributed by atoms with Crippen molar-refractivity contribution in [3.8, 4) is 0 Å². The van der Waals surface area contributed by atoms with Crippen LogP contribution in [0.1, 0.15) is 0 Å². The molecule has 5 heteroatoms. The van der Waals surface area contributed by atoms with Crippen LogP contribution in [-0.2, 0) is 13.1 Å². The standard InChI is InChI=1S/C8H9N3OS/c12-8-10(6-7-13-8)4-5-11-3-1-2-9-11/h1-3,6-7H,4-5H2. The van der Waals surface area contributed by atoms with Crippen LogP contribution in [0.5, 0.6) is 0 Å². The summed E-state index contributed by atoms with van der Waals surface area (Å²) in [7, 11) is 0. The van der Waals surface area contributed by atoms with Crippen molar-refractivity contribution in [2.24, 2.45) is 0 Å². The number of rotatable bonds is 3. The summed E-state index contributed by atoms with van der Waals surface area (Å²) < 4.78 is 3.50. The van der Waals surface area contributed by atoms with E-state index < -0.39 is 0 Å². The highest BCUT2D eigenvalue weighted by Crippen LogP contribution is 1.91. The first-order valence-corrected chi connectivity index (χ1v) is 4.85. The molecule has 2 heterocycles. The molecule has 0 aliphatic heterocycles. The van der Waals surface area contributed by atoms with Crippen molar-refractivity contribution in [2.45, 2.75) is 13.1 Å². The summed E-state index contributed by atoms with van der Waals surface area (Å²) in [5, 5.41) is 5.85. The Morgan fingerprint density at radius 1 is 1.38 bits per heavy atom. The van der Waals surface area contributed by atoms with Gasteiger partial charge in [-0.05, 0) is 6.07 Å². The van der Waals surface area contributed by atoms with Crippen LogP contribution in [0.4, 0.5) is 0 Å². The normalized spacial score (nSPS) is 10.5. The highest BCUT2D eigenvalue weighted by atomic mass is 32.1. The van der Waals surface area contributed by atoms with Crippen molar-refractivity contribution in [3.63, 3.8) is 0 Å². The van der Waals surface area contributed by atoms with Crippen molar-refractivity contribution in [2.75, 3.05) is 0 Å². The average Bonchev–Trinajstić information content (AvgIpc) is 2.72. The maximum absolute atomic E-state index is 11.1. The first-order valence-electron chi connectivity index (χ1n) is 3.97. The number of hydrogen-bond donors (Lipinski definition) is 0. The van der Waals surface area contributed by atoms with Gasteiger partial charge in [-0.3, -0.25) is 9.48 Å². The Hall–Kier alpha value is -1.36. The molecular formula is C8H9N3OS. The molecule has 0 bridgehead atoms. The summed E-state index contributed by atoms with van der Waals surface area (Å²) in [6.45, 7) is 1.42. The van der Waals surface area contributed by atoms with Crippen LogP contribution in [0.3, 0.4) is 0 Å². The van der Waals surface area contributed by atoms with Crippen LogP contribution in [0.2, 0.25) is 0 Å². The Bertz CT molecular complexity index is 415. The minimum Gasteiger partial charge on any atom is -0.304 e. The fraction of sp³-hybridized carbons (Fsp3) is 0.250. The zero-order valence-corrected chi connectivity index (χ0v) is 7.78. The maximum Gasteiger partial charge on any atom is 0.307 e. The Kier molecular flexibility index (Phi) is 2.27. The third kappa shape index (κ3) is 1.86. The summed E-state index contributed by atoms with van der Waals surface area (Å²) in [5.41, 5.74) is 0. The Labute approximate surface area is 79.1 Å². The smallest absolute Gasteiger partial charge is 0.304 e. The van der Waals surface area contributed by atoms with Gasteiger partial charge < -0.3 is 4.57 Å². The van der Waals surface area contributed by atoms with Crippen molar-refractivity contribution in [1.82, 2.24) is 14.3 Å². The van der Waals surface area contributed by atoms with E-state index >= 15 is 0 Å². The maximum atomic E-state index is 11.1. The molecule has 0 radical (unpaired) electrons. The van der Waals surface area contributed by atoms with Crippen molar-refractivity contribution in [1.29, 1.82) is 0 Å². The SMILES string of the molecule is O=c1sccn1CCn1cccn1. The van der Waals surface area contributed by atoms with Crippen LogP contribution < -0.4 is 4.87 Å². The van der Waals surface area contributed by atoms with Gasteiger partial charge in [0.1, 0.15) is 0 Å². The lowest BCUT2D eigenvalue weighted by Gasteiger charge is -2.00. The lowest BCUT2D eigenvalue weighted by Crippen LogP contribution is -2.16. The zero-order valence-electron chi connectivity index (χ0n) is 6.96. The number of hydrogen-bond acceptors (Lipinski definition) is 3. The van der Waals surface area contributed by atoms with E-state index in [9.17, 15) is 4.79 Å². The van der Waals surface area contributed by atoms with Gasteiger partial charge in [-0.2, -0.15) is 5.10 Å². The molecular weight excluding hydrogens is 186 g/mol. The van der Waals surface area contributed by atoms with Gasteiger partial charge in [-0.15, -0.1) is 0 Å². The summed E-state index contributed by atoms with van der Waals surface area (Å²) in [5.74, 6) is 0. The predicted octanol–water partition coefficient (Wildman–Crippen LogP) is 0.806. The fourth-order valence-corrected chi connectivity index (χ4v) is 1.71. The van der Waals surface area contributed by atoms with Crippen LogP contribution >= 0.6 is 11.3 Å². The van der Waals surface area contributed by atoms with Crippen molar-refractivity contribution in [3.05, 3.63) is 39.7 Å². The van der Waals surface area contributed by atoms with Crippen molar-refractivity contribution >= 4 is 11.3 Å². The van der Waals surface area contributed by atoms with E-state index in [2.05, 4.69) is 5.10 Å². The van der Waals surface area contributed by atoms with E-state index in [0.717, 1.165) is 6.54 Å². The molecule has 4 nitrogen and oxygen atoms in total. The number of nitrogens with zero attached hydrogens (tertiary/aromatic N) is 3. The molecule has 0 aliphatic rings. The Balaban J connectivity index is 2.01.